The van der Waals surface area contributed by atoms with Crippen molar-refractivity contribution < 1.29 is 0 Å². The summed E-state index contributed by atoms with van der Waals surface area (Å²) in [6, 6.07) is 0. The van der Waals surface area contributed by atoms with Crippen molar-refractivity contribution in [1.29, 1.82) is 0 Å². The fraction of sp³-hybridized carbons (Fsp3) is 0.800. The summed E-state index contributed by atoms with van der Waals surface area (Å²) in [5.41, 5.74) is 1.52. The van der Waals surface area contributed by atoms with Gasteiger partial charge in [0.25, 0.3) is 0 Å². The van der Waals surface area contributed by atoms with Gasteiger partial charge in [-0.2, -0.15) is 12.6 Å². The third-order valence-electron chi connectivity index (χ3n) is 2.62. The van der Waals surface area contributed by atoms with Crippen LogP contribution in [0.4, 0.5) is 0 Å². The van der Waals surface area contributed by atoms with Crippen molar-refractivity contribution in [3.05, 3.63) is 11.6 Å². The Kier molecular flexibility index (Phi) is 3.06. The summed E-state index contributed by atoms with van der Waals surface area (Å²) in [7, 11) is 0. The van der Waals surface area contributed by atoms with E-state index in [4.69, 9.17) is 0 Å². The Hall–Kier alpha value is 0.0900. The molecule has 0 aromatic heterocycles. The van der Waals surface area contributed by atoms with E-state index in [1.54, 1.807) is 0 Å². The highest BCUT2D eigenvalue weighted by Crippen LogP contribution is 2.32. The van der Waals surface area contributed by atoms with Crippen molar-refractivity contribution in [2.75, 3.05) is 0 Å². The van der Waals surface area contributed by atoms with E-state index in [0.717, 1.165) is 11.8 Å². The van der Waals surface area contributed by atoms with Crippen molar-refractivity contribution >= 4 is 12.6 Å². The van der Waals surface area contributed by atoms with Crippen LogP contribution < -0.4 is 0 Å². The Labute approximate surface area is 75.5 Å². The highest BCUT2D eigenvalue weighted by Gasteiger charge is 2.23. The molecule has 0 heterocycles. The van der Waals surface area contributed by atoms with Gasteiger partial charge in [-0.05, 0) is 31.6 Å². The molecular weight excluding hydrogens is 152 g/mol. The Morgan fingerprint density at radius 3 is 2.64 bits per heavy atom. The second-order valence-corrected chi connectivity index (χ2v) is 4.63. The van der Waals surface area contributed by atoms with Crippen LogP contribution in [-0.2, 0) is 0 Å². The van der Waals surface area contributed by atoms with Crippen molar-refractivity contribution in [1.82, 2.24) is 0 Å². The van der Waals surface area contributed by atoms with Crippen molar-refractivity contribution in [2.24, 2.45) is 11.8 Å². The summed E-state index contributed by atoms with van der Waals surface area (Å²) in [5, 5.41) is 0.597. The Bertz CT molecular complexity index is 158. The first-order valence-electron chi connectivity index (χ1n) is 4.45. The fourth-order valence-electron chi connectivity index (χ4n) is 1.78. The molecule has 0 amide bonds. The van der Waals surface area contributed by atoms with Gasteiger partial charge < -0.3 is 0 Å². The first kappa shape index (κ1) is 9.18. The van der Waals surface area contributed by atoms with Crippen LogP contribution in [0.3, 0.4) is 0 Å². The van der Waals surface area contributed by atoms with E-state index in [2.05, 4.69) is 39.5 Å². The number of rotatable bonds is 1. The zero-order chi connectivity index (χ0) is 8.43. The van der Waals surface area contributed by atoms with Gasteiger partial charge in [0, 0.05) is 5.25 Å². The SMILES string of the molecule is CC1=CC[C@@H](C(C)C)[C@@H](S)C1. The topological polar surface area (TPSA) is 0 Å². The molecule has 2 atom stereocenters. The predicted molar refractivity (Wildman–Crippen MR) is 54.1 cm³/mol. The zero-order valence-electron chi connectivity index (χ0n) is 7.67. The molecule has 0 saturated carbocycles. The van der Waals surface area contributed by atoms with Gasteiger partial charge in [0.2, 0.25) is 0 Å². The molecule has 0 spiro atoms. The van der Waals surface area contributed by atoms with Crippen LogP contribution in [0.15, 0.2) is 11.6 Å². The van der Waals surface area contributed by atoms with E-state index in [1.165, 1.54) is 18.4 Å². The highest BCUT2D eigenvalue weighted by atomic mass is 32.1. The summed E-state index contributed by atoms with van der Waals surface area (Å²) in [6.07, 6.45) is 4.79. The van der Waals surface area contributed by atoms with Crippen molar-refractivity contribution in [2.45, 2.75) is 38.9 Å². The molecular formula is C10H18S. The first-order chi connectivity index (χ1) is 5.11. The second-order valence-electron chi connectivity index (χ2n) is 3.97. The molecule has 0 nitrogen and oxygen atoms in total. The minimum Gasteiger partial charge on any atom is -0.175 e. The van der Waals surface area contributed by atoms with Crippen LogP contribution in [0.1, 0.15) is 33.6 Å². The molecule has 1 rings (SSSR count). The molecule has 0 aliphatic heterocycles. The van der Waals surface area contributed by atoms with Gasteiger partial charge in [-0.1, -0.05) is 25.5 Å². The molecule has 0 saturated heterocycles. The molecule has 11 heavy (non-hydrogen) atoms. The molecule has 0 unspecified atom stereocenters. The van der Waals surface area contributed by atoms with E-state index in [1.807, 2.05) is 0 Å². The maximum Gasteiger partial charge on any atom is 0.00875 e. The minimum atomic E-state index is 0.597. The Morgan fingerprint density at radius 1 is 1.55 bits per heavy atom. The van der Waals surface area contributed by atoms with Crippen molar-refractivity contribution in [3.63, 3.8) is 0 Å². The molecule has 0 aromatic carbocycles. The molecule has 0 fully saturated rings. The Morgan fingerprint density at radius 2 is 2.18 bits per heavy atom. The van der Waals surface area contributed by atoms with Crippen LogP contribution in [-0.4, -0.2) is 5.25 Å². The number of hydrogen-bond acceptors (Lipinski definition) is 1. The predicted octanol–water partition coefficient (Wildman–Crippen LogP) is 3.30. The van der Waals surface area contributed by atoms with E-state index in [-0.39, 0.29) is 0 Å². The van der Waals surface area contributed by atoms with E-state index >= 15 is 0 Å². The van der Waals surface area contributed by atoms with Crippen LogP contribution >= 0.6 is 12.6 Å². The maximum atomic E-state index is 4.61. The standard InChI is InChI=1S/C10H18S/c1-7(2)9-5-4-8(3)6-10(9)11/h4,7,9-11H,5-6H2,1-3H3/t9-,10-/m0/s1. The number of hydrogen-bond donors (Lipinski definition) is 1. The maximum absolute atomic E-state index is 4.61. The lowest BCUT2D eigenvalue weighted by Crippen LogP contribution is -2.23. The highest BCUT2D eigenvalue weighted by molar-refractivity contribution is 7.81. The fourth-order valence-corrected chi connectivity index (χ4v) is 2.53. The second kappa shape index (κ2) is 3.66. The molecule has 1 aliphatic carbocycles. The molecule has 0 bridgehead atoms. The quantitative estimate of drug-likeness (QED) is 0.453. The normalized spacial score (nSPS) is 32.3. The van der Waals surface area contributed by atoms with E-state index in [9.17, 15) is 0 Å². The molecule has 0 radical (unpaired) electrons. The largest absolute Gasteiger partial charge is 0.175 e. The Balaban J connectivity index is 2.58. The van der Waals surface area contributed by atoms with Crippen LogP contribution in [0.25, 0.3) is 0 Å². The van der Waals surface area contributed by atoms with Gasteiger partial charge >= 0.3 is 0 Å². The van der Waals surface area contributed by atoms with Crippen LogP contribution in [0.2, 0.25) is 0 Å². The molecule has 1 heteroatoms. The molecule has 0 aromatic rings. The lowest BCUT2D eigenvalue weighted by Gasteiger charge is -2.29. The summed E-state index contributed by atoms with van der Waals surface area (Å²) in [4.78, 5) is 0. The van der Waals surface area contributed by atoms with Crippen molar-refractivity contribution in [3.8, 4) is 0 Å². The lowest BCUT2D eigenvalue weighted by molar-refractivity contribution is 0.362. The van der Waals surface area contributed by atoms with E-state index < -0.39 is 0 Å². The lowest BCUT2D eigenvalue weighted by atomic mass is 9.82. The third kappa shape index (κ3) is 2.26. The zero-order valence-corrected chi connectivity index (χ0v) is 8.57. The van der Waals surface area contributed by atoms with Gasteiger partial charge in [0.05, 0.1) is 0 Å². The molecule has 0 N–H and O–H groups in total. The average Bonchev–Trinajstić information content (AvgIpc) is 1.85. The van der Waals surface area contributed by atoms with Gasteiger partial charge in [0.1, 0.15) is 0 Å². The summed E-state index contributed by atoms with van der Waals surface area (Å²) in [5.74, 6) is 1.57. The number of thiol groups is 1. The van der Waals surface area contributed by atoms with Gasteiger partial charge in [-0.3, -0.25) is 0 Å². The minimum absolute atomic E-state index is 0.597. The monoisotopic (exact) mass is 170 g/mol. The third-order valence-corrected chi connectivity index (χ3v) is 3.19. The van der Waals surface area contributed by atoms with E-state index in [0.29, 0.717) is 5.25 Å². The van der Waals surface area contributed by atoms with Gasteiger partial charge in [-0.15, -0.1) is 0 Å². The molecule has 1 aliphatic rings. The average molecular weight is 170 g/mol. The summed E-state index contributed by atoms with van der Waals surface area (Å²) in [6.45, 7) is 6.80. The van der Waals surface area contributed by atoms with Crippen LogP contribution in [0, 0.1) is 11.8 Å². The smallest absolute Gasteiger partial charge is 0.00875 e. The molecule has 64 valence electrons. The van der Waals surface area contributed by atoms with Crippen LogP contribution in [0.5, 0.6) is 0 Å². The van der Waals surface area contributed by atoms with Gasteiger partial charge in [0.15, 0.2) is 0 Å². The summed E-state index contributed by atoms with van der Waals surface area (Å²) >= 11 is 4.61. The summed E-state index contributed by atoms with van der Waals surface area (Å²) < 4.78 is 0. The van der Waals surface area contributed by atoms with Gasteiger partial charge in [-0.25, -0.2) is 0 Å². The first-order valence-corrected chi connectivity index (χ1v) is 4.96. The number of allylic oxidation sites excluding steroid dienone is 2.